The smallest absolute Gasteiger partial charge is 0.219 e. The molecule has 0 saturated carbocycles. The predicted molar refractivity (Wildman–Crippen MR) is 64.5 cm³/mol. The summed E-state index contributed by atoms with van der Waals surface area (Å²) in [6, 6.07) is 9.04. The molecule has 0 fully saturated rings. The Kier molecular flexibility index (Phi) is 5.33. The number of hydrogen-bond acceptors (Lipinski definition) is 3. The maximum Gasteiger partial charge on any atom is 0.219 e. The van der Waals surface area contributed by atoms with E-state index < -0.39 is 0 Å². The summed E-state index contributed by atoms with van der Waals surface area (Å²) in [6.07, 6.45) is 5.19. The molecule has 19 heavy (non-hydrogen) atoms. The van der Waals surface area contributed by atoms with E-state index in [4.69, 9.17) is 0 Å². The van der Waals surface area contributed by atoms with Crippen LogP contribution in [0.4, 0.5) is 0 Å². The van der Waals surface area contributed by atoms with Crippen molar-refractivity contribution < 1.29 is 52.8 Å². The van der Waals surface area contributed by atoms with Gasteiger partial charge in [0.2, 0.25) is 5.78 Å². The van der Waals surface area contributed by atoms with Crippen molar-refractivity contribution in [3.8, 4) is 0 Å². The van der Waals surface area contributed by atoms with Crippen LogP contribution < -0.4 is 0 Å². The van der Waals surface area contributed by atoms with Crippen molar-refractivity contribution in [2.75, 3.05) is 0 Å². The monoisotopic (exact) mass is 505 g/mol. The van der Waals surface area contributed by atoms with Gasteiger partial charge < -0.3 is 11.8 Å². The van der Waals surface area contributed by atoms with Gasteiger partial charge in [0.15, 0.2) is 0 Å². The van der Waals surface area contributed by atoms with Crippen molar-refractivity contribution in [3.63, 3.8) is 0 Å². The molecule has 0 aliphatic heterocycles. The van der Waals surface area contributed by atoms with Gasteiger partial charge in [0.25, 0.3) is 0 Å². The second kappa shape index (κ2) is 6.18. The number of benzene rings is 1. The normalized spacial score (nSPS) is 9.89. The second-order valence-corrected chi connectivity index (χ2v) is 3.52. The fraction of sp³-hybridized carbons (Fsp3) is 0. The Balaban J connectivity index is 0.000000602. The van der Waals surface area contributed by atoms with Crippen LogP contribution in [0.2, 0.25) is 0 Å². The zero-order valence-corrected chi connectivity index (χ0v) is 15.3. The van der Waals surface area contributed by atoms with E-state index in [0.717, 1.165) is 22.3 Å². The number of aromatic nitrogens is 5. The van der Waals surface area contributed by atoms with Gasteiger partial charge in [0.1, 0.15) is 6.33 Å². The maximum absolute atomic E-state index is 4.28. The molecule has 0 saturated heterocycles. The summed E-state index contributed by atoms with van der Waals surface area (Å²) in [5, 5.41) is 5.12. The SMILES string of the molecule is [CH3-].[Ir].[Y].[c-]1cccc2c1c1ncnn1c1nccn21. The Morgan fingerprint density at radius 1 is 1.21 bits per heavy atom. The van der Waals surface area contributed by atoms with Crippen LogP contribution in [0.3, 0.4) is 0 Å². The molecule has 0 atom stereocenters. The molecule has 0 N–H and O–H groups in total. The molecule has 4 rings (SSSR count). The van der Waals surface area contributed by atoms with Crippen LogP contribution in [0.15, 0.2) is 36.9 Å². The fourth-order valence-electron chi connectivity index (χ4n) is 2.01. The molecule has 0 unspecified atom stereocenters. The molecule has 3 aromatic heterocycles. The quantitative estimate of drug-likeness (QED) is 0.343. The van der Waals surface area contributed by atoms with Crippen LogP contribution in [0.25, 0.3) is 22.3 Å². The van der Waals surface area contributed by atoms with Gasteiger partial charge in [-0.15, -0.1) is 24.3 Å². The molecule has 0 spiro atoms. The first-order valence-electron chi connectivity index (χ1n) is 4.90. The summed E-state index contributed by atoms with van der Waals surface area (Å²) in [4.78, 5) is 8.52. The first-order valence-corrected chi connectivity index (χ1v) is 4.90. The molecular weight excluding hydrogens is 495 g/mol. The van der Waals surface area contributed by atoms with E-state index in [2.05, 4.69) is 21.1 Å². The Bertz CT molecular complexity index is 753. The molecule has 1 aromatic carbocycles. The van der Waals surface area contributed by atoms with Gasteiger partial charge in [-0.05, 0) is 5.52 Å². The summed E-state index contributed by atoms with van der Waals surface area (Å²) in [5.41, 5.74) is 1.82. The topological polar surface area (TPSA) is 47.5 Å². The third-order valence-corrected chi connectivity index (χ3v) is 2.68. The molecule has 0 aliphatic carbocycles. The predicted octanol–water partition coefficient (Wildman–Crippen LogP) is 1.78. The minimum absolute atomic E-state index is 0. The Hall–Kier alpha value is -0.677. The molecule has 4 aromatic rings. The van der Waals surface area contributed by atoms with Gasteiger partial charge in [-0.25, -0.2) is 9.50 Å². The molecular formula is C12H9IrN5Y-2. The summed E-state index contributed by atoms with van der Waals surface area (Å²) in [5.74, 6) is 0.764. The van der Waals surface area contributed by atoms with Crippen molar-refractivity contribution in [2.24, 2.45) is 0 Å². The molecule has 96 valence electrons. The first-order chi connectivity index (χ1) is 7.95. The molecule has 0 bridgehead atoms. The van der Waals surface area contributed by atoms with Crippen LogP contribution in [-0.2, 0) is 52.8 Å². The zero-order chi connectivity index (χ0) is 10.5. The van der Waals surface area contributed by atoms with E-state index in [0.29, 0.717) is 0 Å². The van der Waals surface area contributed by atoms with Crippen molar-refractivity contribution >= 4 is 22.3 Å². The number of rotatable bonds is 0. The Labute approximate surface area is 148 Å². The summed E-state index contributed by atoms with van der Waals surface area (Å²) >= 11 is 0. The van der Waals surface area contributed by atoms with Crippen LogP contribution in [0.5, 0.6) is 0 Å². The van der Waals surface area contributed by atoms with E-state index in [1.165, 1.54) is 6.33 Å². The summed E-state index contributed by atoms with van der Waals surface area (Å²) in [6.45, 7) is 0. The van der Waals surface area contributed by atoms with Gasteiger partial charge in [0.05, 0.1) is 5.65 Å². The molecule has 5 nitrogen and oxygen atoms in total. The van der Waals surface area contributed by atoms with Crippen LogP contribution >= 0.6 is 0 Å². The number of fused-ring (bicyclic) bond motifs is 6. The third kappa shape index (κ3) is 2.27. The molecule has 2 radical (unpaired) electrons. The molecule has 3 heterocycles. The summed E-state index contributed by atoms with van der Waals surface area (Å²) < 4.78 is 3.70. The Morgan fingerprint density at radius 2 is 2.05 bits per heavy atom. The molecule has 7 heteroatoms. The van der Waals surface area contributed by atoms with Crippen LogP contribution in [0.1, 0.15) is 0 Å². The van der Waals surface area contributed by atoms with Crippen molar-refractivity contribution in [2.45, 2.75) is 0 Å². The van der Waals surface area contributed by atoms with E-state index in [9.17, 15) is 0 Å². The first kappa shape index (κ1) is 16.4. The zero-order valence-electron chi connectivity index (χ0n) is 10.1. The minimum atomic E-state index is 0. The average molecular weight is 504 g/mol. The Morgan fingerprint density at radius 3 is 2.89 bits per heavy atom. The minimum Gasteiger partial charge on any atom is -0.358 e. The van der Waals surface area contributed by atoms with E-state index in [1.54, 1.807) is 10.7 Å². The summed E-state index contributed by atoms with van der Waals surface area (Å²) in [7, 11) is 0. The van der Waals surface area contributed by atoms with Crippen molar-refractivity contribution in [1.29, 1.82) is 0 Å². The molecule has 0 amide bonds. The fourth-order valence-corrected chi connectivity index (χ4v) is 2.01. The largest absolute Gasteiger partial charge is 0.358 e. The van der Waals surface area contributed by atoms with Gasteiger partial charge in [-0.2, -0.15) is 5.10 Å². The van der Waals surface area contributed by atoms with E-state index >= 15 is 0 Å². The van der Waals surface area contributed by atoms with E-state index in [-0.39, 0.29) is 60.2 Å². The standard InChI is InChI=1S/C11H6N5.CH3.Ir.Y/c1-2-4-9-8(3-1)10-13-7-14-16(10)11-12-5-6-15(9)11;;;/h1-2,4-7H;1H3;;/q2*-1;;. The number of hydrogen-bond donors (Lipinski definition) is 0. The van der Waals surface area contributed by atoms with Gasteiger partial charge >= 0.3 is 0 Å². The van der Waals surface area contributed by atoms with Crippen molar-refractivity contribution in [3.05, 3.63) is 50.4 Å². The number of imidazole rings is 1. The average Bonchev–Trinajstić information content (AvgIpc) is 2.98. The van der Waals surface area contributed by atoms with Crippen molar-refractivity contribution in [1.82, 2.24) is 24.0 Å². The maximum atomic E-state index is 4.28. The number of nitrogens with zero attached hydrogens (tertiary/aromatic N) is 5. The van der Waals surface area contributed by atoms with Crippen LogP contribution in [0, 0.1) is 13.5 Å². The van der Waals surface area contributed by atoms with E-state index in [1.807, 2.05) is 28.8 Å². The van der Waals surface area contributed by atoms with Gasteiger partial charge in [0, 0.05) is 65.2 Å². The second-order valence-electron chi connectivity index (χ2n) is 3.52. The molecule has 0 aliphatic rings. The van der Waals surface area contributed by atoms with Crippen LogP contribution in [-0.4, -0.2) is 24.0 Å². The third-order valence-electron chi connectivity index (χ3n) is 2.68. The van der Waals surface area contributed by atoms with Gasteiger partial charge in [-0.1, -0.05) is 5.39 Å². The van der Waals surface area contributed by atoms with Gasteiger partial charge in [-0.3, -0.25) is 4.98 Å².